The molecule has 0 radical (unpaired) electrons. The number of rotatable bonds is 8. The quantitative estimate of drug-likeness (QED) is 0.183. The van der Waals surface area contributed by atoms with Gasteiger partial charge in [-0.3, -0.25) is 4.79 Å². The average Bonchev–Trinajstić information content (AvgIpc) is 3.48. The van der Waals surface area contributed by atoms with Gasteiger partial charge in [0.1, 0.15) is 18.4 Å². The number of nitrogens with zero attached hydrogens (tertiary/aromatic N) is 3. The van der Waals surface area contributed by atoms with Crippen LogP contribution in [0.1, 0.15) is 24.4 Å². The van der Waals surface area contributed by atoms with Crippen molar-refractivity contribution >= 4 is 46.6 Å². The summed E-state index contributed by atoms with van der Waals surface area (Å²) in [4.78, 5) is 19.2. The lowest BCUT2D eigenvalue weighted by Gasteiger charge is -2.48. The summed E-state index contributed by atoms with van der Waals surface area (Å²) in [6.07, 6.45) is 3.56. The number of carbonyl (C=O) groups is 1. The molecular weight excluding hydrogens is 520 g/mol. The van der Waals surface area contributed by atoms with Gasteiger partial charge < -0.3 is 14.2 Å². The van der Waals surface area contributed by atoms with Crippen molar-refractivity contribution < 1.29 is 18.3 Å². The molecule has 0 spiro atoms. The van der Waals surface area contributed by atoms with E-state index in [1.54, 1.807) is 6.33 Å². The highest BCUT2D eigenvalue weighted by Gasteiger charge is 2.56. The minimum absolute atomic E-state index is 0.0406. The summed E-state index contributed by atoms with van der Waals surface area (Å²) in [7, 11) is -1.16. The molecule has 180 valence electrons. The Morgan fingerprint density at radius 1 is 1.15 bits per heavy atom. The molecule has 1 saturated carbocycles. The number of ether oxygens (including phenoxy) is 1. The Bertz CT molecular complexity index is 1230. The molecule has 0 N–H and O–H groups in total. The van der Waals surface area contributed by atoms with E-state index >= 15 is 0 Å². The summed E-state index contributed by atoms with van der Waals surface area (Å²) in [5, 5.41) is 0. The third kappa shape index (κ3) is 4.45. The van der Waals surface area contributed by atoms with Gasteiger partial charge in [-0.1, -0.05) is 35.6 Å². The first-order valence-corrected chi connectivity index (χ1v) is 16.1. The van der Waals surface area contributed by atoms with E-state index in [1.165, 1.54) is 17.0 Å². The zero-order valence-electron chi connectivity index (χ0n) is 19.5. The van der Waals surface area contributed by atoms with Crippen LogP contribution in [0.15, 0.2) is 41.1 Å². The van der Waals surface area contributed by atoms with Gasteiger partial charge in [-0.25, -0.2) is 13.8 Å². The molecule has 34 heavy (non-hydrogen) atoms. The Morgan fingerprint density at radius 2 is 1.85 bits per heavy atom. The molecule has 5 nitrogen and oxygen atoms in total. The molecule has 9 heteroatoms. The fourth-order valence-corrected chi connectivity index (χ4v) is 5.86. The first kappa shape index (κ1) is 23.6. The summed E-state index contributed by atoms with van der Waals surface area (Å²) in [5.41, 5.74) is 2.16. The van der Waals surface area contributed by atoms with Gasteiger partial charge in [-0.2, -0.15) is 0 Å². The molecule has 2 aliphatic rings. The fourth-order valence-electron chi connectivity index (χ4n) is 4.70. The van der Waals surface area contributed by atoms with E-state index in [-0.39, 0.29) is 17.4 Å². The van der Waals surface area contributed by atoms with Gasteiger partial charge in [0.15, 0.2) is 0 Å². The predicted molar refractivity (Wildman–Crippen MR) is 134 cm³/mol. The Hall–Kier alpha value is -2.10. The summed E-state index contributed by atoms with van der Waals surface area (Å²) in [6.45, 7) is 8.06. The lowest BCUT2D eigenvalue weighted by molar-refractivity contribution is -0.131. The van der Waals surface area contributed by atoms with Crippen molar-refractivity contribution in [2.75, 3.05) is 11.5 Å². The van der Waals surface area contributed by atoms with E-state index < -0.39 is 31.7 Å². The maximum absolute atomic E-state index is 14.9. The van der Waals surface area contributed by atoms with Crippen LogP contribution in [0.25, 0.3) is 11.0 Å². The number of β-lactam (4-membered cyclic amide) rings is 1. The fraction of sp³-hybridized carbons (Fsp3) is 0.440. The Balaban J connectivity index is 1.41. The van der Waals surface area contributed by atoms with Gasteiger partial charge in [-0.05, 0) is 55.1 Å². The zero-order chi connectivity index (χ0) is 24.2. The van der Waals surface area contributed by atoms with Crippen molar-refractivity contribution in [1.29, 1.82) is 0 Å². The van der Waals surface area contributed by atoms with E-state index in [0.29, 0.717) is 29.0 Å². The molecule has 2 atom stereocenters. The molecule has 5 rings (SSSR count). The van der Waals surface area contributed by atoms with E-state index in [9.17, 15) is 13.6 Å². The predicted octanol–water partition coefficient (Wildman–Crippen LogP) is 6.50. The highest BCUT2D eigenvalue weighted by Crippen LogP contribution is 2.55. The normalized spacial score (nSPS) is 20.8. The molecule has 3 aromatic rings. The SMILES string of the molecule is C[Si](C)(C)CCOCn1cnc2cc(N3C(=O)C(C4CC4)C3c3c(F)cc(Br)cc3F)ccc21. The van der Waals surface area contributed by atoms with Crippen molar-refractivity contribution in [1.82, 2.24) is 9.55 Å². The highest BCUT2D eigenvalue weighted by atomic mass is 79.9. The Morgan fingerprint density at radius 3 is 2.50 bits per heavy atom. The number of aromatic nitrogens is 2. The van der Waals surface area contributed by atoms with Gasteiger partial charge in [0.05, 0.1) is 29.3 Å². The number of benzene rings is 2. The number of carbonyl (C=O) groups excluding carboxylic acids is 1. The van der Waals surface area contributed by atoms with Crippen LogP contribution in [0.3, 0.4) is 0 Å². The van der Waals surface area contributed by atoms with Crippen LogP contribution in [0, 0.1) is 23.5 Å². The zero-order valence-corrected chi connectivity index (χ0v) is 22.1. The Labute approximate surface area is 207 Å². The van der Waals surface area contributed by atoms with Gasteiger partial charge >= 0.3 is 0 Å². The maximum atomic E-state index is 14.9. The standard InChI is InChI=1S/C25H28BrF2N3O2Si/c1-34(2,3)9-8-33-14-30-13-29-20-12-17(6-7-21(20)30)31-24(22(25(31)32)15-4-5-15)23-18(27)10-16(26)11-19(23)28/h6-7,10-13,15,22,24H,4-5,8-9,14H2,1-3H3. The van der Waals surface area contributed by atoms with Gasteiger partial charge in [0, 0.05) is 30.4 Å². The first-order chi connectivity index (χ1) is 16.1. The van der Waals surface area contributed by atoms with Gasteiger partial charge in [0.2, 0.25) is 5.91 Å². The molecule has 1 aromatic heterocycles. The second-order valence-electron chi connectivity index (χ2n) is 10.5. The van der Waals surface area contributed by atoms with E-state index in [4.69, 9.17) is 4.74 Å². The summed E-state index contributed by atoms with van der Waals surface area (Å²) >= 11 is 3.15. The van der Waals surface area contributed by atoms with Gasteiger partial charge in [0.25, 0.3) is 0 Å². The number of hydrogen-bond acceptors (Lipinski definition) is 3. The van der Waals surface area contributed by atoms with Crippen molar-refractivity contribution in [3.8, 4) is 0 Å². The molecule has 1 saturated heterocycles. The second-order valence-corrected chi connectivity index (χ2v) is 17.1. The van der Waals surface area contributed by atoms with Crippen molar-refractivity contribution in [3.63, 3.8) is 0 Å². The van der Waals surface area contributed by atoms with E-state index in [1.807, 2.05) is 22.8 Å². The smallest absolute Gasteiger partial charge is 0.233 e. The third-order valence-electron chi connectivity index (χ3n) is 6.72. The van der Waals surface area contributed by atoms with Crippen molar-refractivity contribution in [2.24, 2.45) is 11.8 Å². The summed E-state index contributed by atoms with van der Waals surface area (Å²) < 4.78 is 37.9. The van der Waals surface area contributed by atoms with Crippen LogP contribution >= 0.6 is 15.9 Å². The molecule has 2 aromatic carbocycles. The lowest BCUT2D eigenvalue weighted by atomic mass is 9.78. The van der Waals surface area contributed by atoms with Crippen LogP contribution < -0.4 is 4.90 Å². The summed E-state index contributed by atoms with van der Waals surface area (Å²) in [5.74, 6) is -1.56. The van der Waals surface area contributed by atoms with Crippen molar-refractivity contribution in [2.45, 2.75) is 51.3 Å². The molecular formula is C25H28BrF2N3O2Si. The largest absolute Gasteiger partial charge is 0.361 e. The highest BCUT2D eigenvalue weighted by molar-refractivity contribution is 9.10. The number of hydrogen-bond donors (Lipinski definition) is 0. The van der Waals surface area contributed by atoms with Crippen LogP contribution in [-0.2, 0) is 16.3 Å². The number of amides is 1. The molecule has 1 aliphatic heterocycles. The minimum atomic E-state index is -1.16. The molecule has 2 unspecified atom stereocenters. The molecule has 0 bridgehead atoms. The van der Waals surface area contributed by atoms with E-state index in [2.05, 4.69) is 40.6 Å². The Kier molecular flexibility index (Phi) is 6.14. The van der Waals surface area contributed by atoms with Crippen molar-refractivity contribution in [3.05, 3.63) is 58.3 Å². The minimum Gasteiger partial charge on any atom is -0.361 e. The molecule has 2 heterocycles. The topological polar surface area (TPSA) is 47.4 Å². The summed E-state index contributed by atoms with van der Waals surface area (Å²) in [6, 6.07) is 8.49. The monoisotopic (exact) mass is 547 g/mol. The van der Waals surface area contributed by atoms with E-state index in [0.717, 1.165) is 24.4 Å². The molecule has 2 fully saturated rings. The average molecular weight is 549 g/mol. The van der Waals surface area contributed by atoms with Crippen LogP contribution in [-0.4, -0.2) is 30.1 Å². The van der Waals surface area contributed by atoms with Gasteiger partial charge in [-0.15, -0.1) is 0 Å². The second kappa shape index (κ2) is 8.84. The van der Waals surface area contributed by atoms with Crippen LogP contribution in [0.5, 0.6) is 0 Å². The maximum Gasteiger partial charge on any atom is 0.233 e. The number of anilines is 1. The van der Waals surface area contributed by atoms with Crippen LogP contribution in [0.4, 0.5) is 14.5 Å². The lowest BCUT2D eigenvalue weighted by Crippen LogP contribution is -2.56. The third-order valence-corrected chi connectivity index (χ3v) is 8.88. The molecule has 1 aliphatic carbocycles. The number of imidazole rings is 1. The number of fused-ring (bicyclic) bond motifs is 1. The first-order valence-electron chi connectivity index (χ1n) is 11.6. The molecule has 1 amide bonds. The number of halogens is 3. The van der Waals surface area contributed by atoms with Crippen LogP contribution in [0.2, 0.25) is 25.7 Å².